The molecule has 0 unspecified atom stereocenters. The lowest BCUT2D eigenvalue weighted by Crippen LogP contribution is -2.30. The Morgan fingerprint density at radius 1 is 1.11 bits per heavy atom. The zero-order valence-electron chi connectivity index (χ0n) is 19.2. The quantitative estimate of drug-likeness (QED) is 0.218. The molecule has 0 aliphatic carbocycles. The molecule has 1 amide bonds. The van der Waals surface area contributed by atoms with E-state index in [1.807, 2.05) is 17.0 Å². The summed E-state index contributed by atoms with van der Waals surface area (Å²) in [6, 6.07) is 15.0. The van der Waals surface area contributed by atoms with Crippen LogP contribution in [0.2, 0.25) is 0 Å². The number of rotatable bonds is 5. The van der Waals surface area contributed by atoms with Crippen molar-refractivity contribution in [3.05, 3.63) is 75.8 Å². The highest BCUT2D eigenvalue weighted by Gasteiger charge is 2.24. The van der Waals surface area contributed by atoms with Gasteiger partial charge in [0.05, 0.1) is 10.5 Å². The third kappa shape index (κ3) is 4.40. The first kappa shape index (κ1) is 22.4. The van der Waals surface area contributed by atoms with Gasteiger partial charge in [-0.15, -0.1) is 0 Å². The number of aromatic hydroxyl groups is 1. The van der Waals surface area contributed by atoms with Crippen molar-refractivity contribution in [2.45, 2.75) is 26.2 Å². The molecular formula is C26H24N4O5. The molecule has 0 radical (unpaired) electrons. The number of hydrogen-bond acceptors (Lipinski definition) is 7. The summed E-state index contributed by atoms with van der Waals surface area (Å²) in [4.78, 5) is 30.8. The number of carbonyl (C=O) groups is 1. The maximum absolute atomic E-state index is 13.0. The highest BCUT2D eigenvalue weighted by atomic mass is 16.6. The molecule has 0 bridgehead atoms. The number of nitrogens with zero attached hydrogens (tertiary/aromatic N) is 3. The molecule has 3 aromatic carbocycles. The van der Waals surface area contributed by atoms with Gasteiger partial charge in [-0.2, -0.15) is 0 Å². The van der Waals surface area contributed by atoms with Crippen molar-refractivity contribution in [1.82, 2.24) is 4.98 Å². The van der Waals surface area contributed by atoms with E-state index in [0.717, 1.165) is 32.4 Å². The number of carbonyl (C=O) groups excluding carboxylic acids is 1. The van der Waals surface area contributed by atoms with Gasteiger partial charge < -0.3 is 19.7 Å². The number of para-hydroxylation sites is 2. The van der Waals surface area contributed by atoms with Gasteiger partial charge in [0.25, 0.3) is 11.6 Å². The molecule has 9 heteroatoms. The van der Waals surface area contributed by atoms with Gasteiger partial charge >= 0.3 is 0 Å². The Balaban J connectivity index is 1.44. The Labute approximate surface area is 201 Å². The molecule has 1 aliphatic rings. The van der Waals surface area contributed by atoms with Gasteiger partial charge in [-0.25, -0.2) is 4.98 Å². The summed E-state index contributed by atoms with van der Waals surface area (Å²) in [5.74, 6) is -0.271. The Morgan fingerprint density at radius 3 is 2.63 bits per heavy atom. The number of fused-ring (bicyclic) bond motifs is 1. The van der Waals surface area contributed by atoms with Crippen molar-refractivity contribution in [2.24, 2.45) is 0 Å². The van der Waals surface area contributed by atoms with Gasteiger partial charge in [0.15, 0.2) is 5.58 Å². The molecule has 2 heterocycles. The summed E-state index contributed by atoms with van der Waals surface area (Å²) in [5.41, 5.74) is 3.11. The zero-order chi connectivity index (χ0) is 24.5. The number of phenols is 1. The summed E-state index contributed by atoms with van der Waals surface area (Å²) in [6.07, 6.45) is 3.09. The van der Waals surface area contributed by atoms with E-state index in [1.165, 1.54) is 6.07 Å². The molecule has 0 spiro atoms. The molecule has 9 nitrogen and oxygen atoms in total. The maximum atomic E-state index is 13.0. The Hall–Kier alpha value is -4.40. The van der Waals surface area contributed by atoms with E-state index in [-0.39, 0.29) is 22.9 Å². The van der Waals surface area contributed by atoms with E-state index in [1.54, 1.807) is 43.3 Å². The molecule has 2 N–H and O–H groups in total. The van der Waals surface area contributed by atoms with Crippen LogP contribution >= 0.6 is 0 Å². The molecule has 178 valence electrons. The molecule has 1 aromatic heterocycles. The molecular weight excluding hydrogens is 448 g/mol. The summed E-state index contributed by atoms with van der Waals surface area (Å²) >= 11 is 0. The Bertz CT molecular complexity index is 1410. The number of nitrogens with one attached hydrogen (secondary N) is 1. The number of phenolic OH excluding ortho intramolecular Hbond substituents is 1. The fourth-order valence-corrected chi connectivity index (χ4v) is 4.42. The van der Waals surface area contributed by atoms with Gasteiger partial charge in [0.2, 0.25) is 5.89 Å². The number of anilines is 2. The van der Waals surface area contributed by atoms with Crippen molar-refractivity contribution in [3.8, 4) is 17.2 Å². The maximum Gasteiger partial charge on any atom is 0.293 e. The number of benzene rings is 3. The first-order chi connectivity index (χ1) is 16.9. The fourth-order valence-electron chi connectivity index (χ4n) is 4.42. The van der Waals surface area contributed by atoms with Gasteiger partial charge in [0.1, 0.15) is 17.0 Å². The Kier molecular flexibility index (Phi) is 5.82. The molecule has 0 atom stereocenters. The smallest absolute Gasteiger partial charge is 0.293 e. The van der Waals surface area contributed by atoms with Gasteiger partial charge in [-0.3, -0.25) is 14.9 Å². The highest BCUT2D eigenvalue weighted by molar-refractivity contribution is 6.05. The summed E-state index contributed by atoms with van der Waals surface area (Å²) in [6.45, 7) is 3.23. The number of nitro groups is 1. The van der Waals surface area contributed by atoms with E-state index in [9.17, 15) is 20.0 Å². The summed E-state index contributed by atoms with van der Waals surface area (Å²) in [5, 5.41) is 25.1. The second-order valence-corrected chi connectivity index (χ2v) is 8.64. The van der Waals surface area contributed by atoms with Crippen LogP contribution in [0.3, 0.4) is 0 Å². The number of amides is 1. The van der Waals surface area contributed by atoms with Crippen LogP contribution in [0, 0.1) is 17.0 Å². The first-order valence-corrected chi connectivity index (χ1v) is 11.4. The van der Waals surface area contributed by atoms with Crippen LogP contribution in [0.15, 0.2) is 59.0 Å². The predicted octanol–water partition coefficient (Wildman–Crippen LogP) is 5.66. The number of piperidine rings is 1. The van der Waals surface area contributed by atoms with E-state index in [4.69, 9.17) is 4.42 Å². The molecule has 5 rings (SSSR count). The molecule has 0 saturated carbocycles. The second kappa shape index (κ2) is 9.09. The normalized spacial score (nSPS) is 13.7. The molecule has 4 aromatic rings. The van der Waals surface area contributed by atoms with Crippen molar-refractivity contribution in [1.29, 1.82) is 0 Å². The van der Waals surface area contributed by atoms with Crippen LogP contribution in [0.25, 0.3) is 22.6 Å². The molecule has 35 heavy (non-hydrogen) atoms. The lowest BCUT2D eigenvalue weighted by Gasteiger charge is -2.28. The van der Waals surface area contributed by atoms with Gasteiger partial charge in [-0.1, -0.05) is 12.1 Å². The van der Waals surface area contributed by atoms with Crippen molar-refractivity contribution in [2.75, 3.05) is 23.3 Å². The number of nitro benzene ring substituents is 1. The standard InChI is InChI=1S/C26H24N4O5/c1-16-13-18(15-19(24(16)31)26-28-20-7-3-4-8-23(20)35-26)27-25(32)17-9-10-21(22(14-17)30(33)34)29-11-5-2-6-12-29/h3-4,7-10,13-15,31H,2,5-6,11-12H2,1H3,(H,27,32). The minimum absolute atomic E-state index is 0.00363. The number of aromatic nitrogens is 1. The molecule has 1 aliphatic heterocycles. The lowest BCUT2D eigenvalue weighted by molar-refractivity contribution is -0.384. The van der Waals surface area contributed by atoms with Gasteiger partial charge in [-0.05, 0) is 68.1 Å². The van der Waals surface area contributed by atoms with Crippen LogP contribution in [0.5, 0.6) is 5.75 Å². The SMILES string of the molecule is Cc1cc(NC(=O)c2ccc(N3CCCCC3)c([N+](=O)[O-])c2)cc(-c2nc3ccccc3o2)c1O. The van der Waals surface area contributed by atoms with E-state index in [0.29, 0.717) is 33.6 Å². The van der Waals surface area contributed by atoms with E-state index < -0.39 is 10.8 Å². The minimum Gasteiger partial charge on any atom is -0.507 e. The Morgan fingerprint density at radius 2 is 1.89 bits per heavy atom. The zero-order valence-corrected chi connectivity index (χ0v) is 19.2. The third-order valence-corrected chi connectivity index (χ3v) is 6.21. The topological polar surface area (TPSA) is 122 Å². The number of aryl methyl sites for hydroxylation is 1. The number of hydrogen-bond donors (Lipinski definition) is 2. The monoisotopic (exact) mass is 472 g/mol. The average Bonchev–Trinajstić information content (AvgIpc) is 3.30. The second-order valence-electron chi connectivity index (χ2n) is 8.64. The predicted molar refractivity (Wildman–Crippen MR) is 133 cm³/mol. The number of oxazole rings is 1. The highest BCUT2D eigenvalue weighted by Crippen LogP contribution is 2.36. The molecule has 1 fully saturated rings. The largest absolute Gasteiger partial charge is 0.507 e. The van der Waals surface area contributed by atoms with Gasteiger partial charge in [0, 0.05) is 30.4 Å². The van der Waals surface area contributed by atoms with Crippen molar-refractivity contribution >= 4 is 34.1 Å². The third-order valence-electron chi connectivity index (χ3n) is 6.21. The first-order valence-electron chi connectivity index (χ1n) is 11.4. The van der Waals surface area contributed by atoms with E-state index in [2.05, 4.69) is 10.3 Å². The summed E-state index contributed by atoms with van der Waals surface area (Å²) < 4.78 is 5.78. The van der Waals surface area contributed by atoms with Crippen LogP contribution in [-0.2, 0) is 0 Å². The molecule has 1 saturated heterocycles. The van der Waals surface area contributed by atoms with E-state index >= 15 is 0 Å². The van der Waals surface area contributed by atoms with Crippen LogP contribution in [0.4, 0.5) is 17.1 Å². The minimum atomic E-state index is -0.494. The fraction of sp³-hybridized carbons (Fsp3) is 0.231. The van der Waals surface area contributed by atoms with Crippen molar-refractivity contribution in [3.63, 3.8) is 0 Å². The van der Waals surface area contributed by atoms with Crippen LogP contribution < -0.4 is 10.2 Å². The van der Waals surface area contributed by atoms with Crippen LogP contribution in [-0.4, -0.2) is 34.0 Å². The summed E-state index contributed by atoms with van der Waals surface area (Å²) in [7, 11) is 0. The average molecular weight is 473 g/mol. The lowest BCUT2D eigenvalue weighted by atomic mass is 10.1. The van der Waals surface area contributed by atoms with Crippen LogP contribution in [0.1, 0.15) is 35.2 Å². The van der Waals surface area contributed by atoms with Crippen molar-refractivity contribution < 1.29 is 19.2 Å².